The highest BCUT2D eigenvalue weighted by Gasteiger charge is 2.15. The van der Waals surface area contributed by atoms with Gasteiger partial charge in [0.25, 0.3) is 0 Å². The molecule has 0 radical (unpaired) electrons. The number of benzene rings is 1. The summed E-state index contributed by atoms with van der Waals surface area (Å²) < 4.78 is 0. The summed E-state index contributed by atoms with van der Waals surface area (Å²) in [4.78, 5) is 4.39. The first kappa shape index (κ1) is 14.0. The number of nitrogens with one attached hydrogen (secondary N) is 2. The second kappa shape index (κ2) is 7.29. The maximum Gasteiger partial charge on any atom is 0.191 e. The van der Waals surface area contributed by atoms with Crippen LogP contribution in [0.15, 0.2) is 35.3 Å². The van der Waals surface area contributed by atoms with Gasteiger partial charge < -0.3 is 16.4 Å². The number of guanidine groups is 1. The first-order valence-electron chi connectivity index (χ1n) is 5.67. The summed E-state index contributed by atoms with van der Waals surface area (Å²) in [5.41, 5.74) is 6.77. The zero-order chi connectivity index (χ0) is 11.2. The largest absolute Gasteiger partial charge is 0.352 e. The van der Waals surface area contributed by atoms with E-state index in [-0.39, 0.29) is 17.0 Å². The number of aliphatic imine (C=N–C) groups is 1. The SMILES string of the molecule is Br.NCC[C@H]1CN=C(NCc2ccccc2)N1. The van der Waals surface area contributed by atoms with Gasteiger partial charge in [-0.3, -0.25) is 4.99 Å². The summed E-state index contributed by atoms with van der Waals surface area (Å²) in [5, 5.41) is 6.61. The maximum atomic E-state index is 5.51. The Labute approximate surface area is 112 Å². The topological polar surface area (TPSA) is 62.4 Å². The molecule has 1 aliphatic rings. The van der Waals surface area contributed by atoms with Crippen LogP contribution in [0, 0.1) is 0 Å². The van der Waals surface area contributed by atoms with Crippen molar-refractivity contribution in [2.45, 2.75) is 19.0 Å². The van der Waals surface area contributed by atoms with Crippen LogP contribution in [0.5, 0.6) is 0 Å². The van der Waals surface area contributed by atoms with Crippen LogP contribution in [-0.2, 0) is 6.54 Å². The van der Waals surface area contributed by atoms with Crippen molar-refractivity contribution in [3.05, 3.63) is 35.9 Å². The minimum absolute atomic E-state index is 0. The Morgan fingerprint density at radius 1 is 1.35 bits per heavy atom. The normalized spacial score (nSPS) is 17.9. The minimum atomic E-state index is 0. The number of hydrogen-bond acceptors (Lipinski definition) is 4. The van der Waals surface area contributed by atoms with Crippen LogP contribution in [0.25, 0.3) is 0 Å². The van der Waals surface area contributed by atoms with Crippen LogP contribution in [0.1, 0.15) is 12.0 Å². The lowest BCUT2D eigenvalue weighted by molar-refractivity contribution is 0.604. The summed E-state index contributed by atoms with van der Waals surface area (Å²) >= 11 is 0. The first-order chi connectivity index (χ1) is 7.88. The van der Waals surface area contributed by atoms with E-state index >= 15 is 0 Å². The highest BCUT2D eigenvalue weighted by atomic mass is 79.9. The minimum Gasteiger partial charge on any atom is -0.352 e. The molecule has 1 heterocycles. The molecule has 0 aromatic heterocycles. The summed E-state index contributed by atoms with van der Waals surface area (Å²) in [5.74, 6) is 0.891. The van der Waals surface area contributed by atoms with E-state index in [4.69, 9.17) is 5.73 Å². The molecule has 0 aliphatic carbocycles. The molecule has 1 aromatic carbocycles. The van der Waals surface area contributed by atoms with Gasteiger partial charge in [0.05, 0.1) is 6.54 Å². The van der Waals surface area contributed by atoms with E-state index < -0.39 is 0 Å². The highest BCUT2D eigenvalue weighted by molar-refractivity contribution is 8.93. The fourth-order valence-corrected chi connectivity index (χ4v) is 1.74. The van der Waals surface area contributed by atoms with Crippen molar-refractivity contribution in [3.8, 4) is 0 Å². The monoisotopic (exact) mass is 298 g/mol. The summed E-state index contributed by atoms with van der Waals surface area (Å²) in [6.07, 6.45) is 0.972. The Morgan fingerprint density at radius 3 is 2.82 bits per heavy atom. The van der Waals surface area contributed by atoms with Crippen LogP contribution in [0.4, 0.5) is 0 Å². The lowest BCUT2D eigenvalue weighted by Gasteiger charge is -2.11. The van der Waals surface area contributed by atoms with E-state index in [0.29, 0.717) is 12.6 Å². The fourth-order valence-electron chi connectivity index (χ4n) is 1.74. The maximum absolute atomic E-state index is 5.51. The van der Waals surface area contributed by atoms with Gasteiger partial charge in [-0.25, -0.2) is 0 Å². The van der Waals surface area contributed by atoms with Crippen LogP contribution < -0.4 is 16.4 Å². The van der Waals surface area contributed by atoms with Crippen molar-refractivity contribution >= 4 is 22.9 Å². The van der Waals surface area contributed by atoms with E-state index in [1.165, 1.54) is 5.56 Å². The third-order valence-electron chi connectivity index (χ3n) is 2.63. The molecular weight excluding hydrogens is 280 g/mol. The molecule has 1 atom stereocenters. The van der Waals surface area contributed by atoms with E-state index in [0.717, 1.165) is 25.5 Å². The van der Waals surface area contributed by atoms with Gasteiger partial charge in [0.2, 0.25) is 0 Å². The third kappa shape index (κ3) is 4.36. The quantitative estimate of drug-likeness (QED) is 0.778. The fraction of sp³-hybridized carbons (Fsp3) is 0.417. The zero-order valence-electron chi connectivity index (χ0n) is 9.73. The van der Waals surface area contributed by atoms with E-state index in [1.807, 2.05) is 18.2 Å². The van der Waals surface area contributed by atoms with Gasteiger partial charge >= 0.3 is 0 Å². The van der Waals surface area contributed by atoms with Gasteiger partial charge in [-0.1, -0.05) is 30.3 Å². The Bertz CT molecular complexity index is 353. The van der Waals surface area contributed by atoms with Crippen LogP contribution in [-0.4, -0.2) is 25.1 Å². The summed E-state index contributed by atoms with van der Waals surface area (Å²) in [6.45, 7) is 2.34. The first-order valence-corrected chi connectivity index (χ1v) is 5.67. The second-order valence-corrected chi connectivity index (χ2v) is 3.95. The van der Waals surface area contributed by atoms with Gasteiger partial charge in [-0.15, -0.1) is 17.0 Å². The third-order valence-corrected chi connectivity index (χ3v) is 2.63. The molecule has 1 aliphatic heterocycles. The second-order valence-electron chi connectivity index (χ2n) is 3.95. The van der Waals surface area contributed by atoms with E-state index in [9.17, 15) is 0 Å². The Balaban J connectivity index is 0.00000144. The molecule has 0 saturated carbocycles. The predicted molar refractivity (Wildman–Crippen MR) is 76.5 cm³/mol. The molecule has 0 amide bonds. The summed E-state index contributed by atoms with van der Waals surface area (Å²) in [7, 11) is 0. The van der Waals surface area contributed by atoms with Crippen molar-refractivity contribution in [2.24, 2.45) is 10.7 Å². The summed E-state index contributed by atoms with van der Waals surface area (Å²) in [6, 6.07) is 10.7. The standard InChI is InChI=1S/C12H18N4.BrH/c13-7-6-11-9-15-12(16-11)14-8-10-4-2-1-3-5-10;/h1-5,11H,6-9,13H2,(H2,14,15,16);1H/t11-;/m0./s1. The lowest BCUT2D eigenvalue weighted by atomic mass is 10.2. The van der Waals surface area contributed by atoms with E-state index in [1.54, 1.807) is 0 Å². The van der Waals surface area contributed by atoms with Gasteiger partial charge in [0, 0.05) is 12.6 Å². The molecule has 0 saturated heterocycles. The molecule has 1 aromatic rings. The smallest absolute Gasteiger partial charge is 0.191 e. The molecule has 0 spiro atoms. The molecular formula is C12H19BrN4. The molecule has 4 N–H and O–H groups in total. The number of nitrogens with zero attached hydrogens (tertiary/aromatic N) is 1. The average Bonchev–Trinajstić information content (AvgIpc) is 2.76. The van der Waals surface area contributed by atoms with E-state index in [2.05, 4.69) is 27.8 Å². The molecule has 0 fully saturated rings. The van der Waals surface area contributed by atoms with Crippen molar-refractivity contribution in [3.63, 3.8) is 0 Å². The van der Waals surface area contributed by atoms with Crippen molar-refractivity contribution in [2.75, 3.05) is 13.1 Å². The van der Waals surface area contributed by atoms with Crippen LogP contribution >= 0.6 is 17.0 Å². The van der Waals surface area contributed by atoms with Gasteiger partial charge in [0.15, 0.2) is 5.96 Å². The number of rotatable bonds is 4. The number of hydrogen-bond donors (Lipinski definition) is 3. The number of nitrogens with two attached hydrogens (primary N) is 1. The van der Waals surface area contributed by atoms with Gasteiger partial charge in [-0.2, -0.15) is 0 Å². The molecule has 2 rings (SSSR count). The van der Waals surface area contributed by atoms with Crippen molar-refractivity contribution < 1.29 is 0 Å². The van der Waals surface area contributed by atoms with Crippen molar-refractivity contribution in [1.82, 2.24) is 10.6 Å². The molecule has 0 bridgehead atoms. The molecule has 17 heavy (non-hydrogen) atoms. The van der Waals surface area contributed by atoms with Gasteiger partial charge in [-0.05, 0) is 18.5 Å². The van der Waals surface area contributed by atoms with Crippen LogP contribution in [0.2, 0.25) is 0 Å². The molecule has 94 valence electrons. The molecule has 5 heteroatoms. The lowest BCUT2D eigenvalue weighted by Crippen LogP contribution is -2.39. The number of halogens is 1. The highest BCUT2D eigenvalue weighted by Crippen LogP contribution is 2.00. The Kier molecular flexibility index (Phi) is 6.00. The van der Waals surface area contributed by atoms with Crippen LogP contribution in [0.3, 0.4) is 0 Å². The average molecular weight is 299 g/mol. The molecule has 4 nitrogen and oxygen atoms in total. The zero-order valence-corrected chi connectivity index (χ0v) is 11.4. The Morgan fingerprint density at radius 2 is 2.12 bits per heavy atom. The van der Waals surface area contributed by atoms with Gasteiger partial charge in [0.1, 0.15) is 0 Å². The molecule has 0 unspecified atom stereocenters. The predicted octanol–water partition coefficient (Wildman–Crippen LogP) is 1.03. The van der Waals surface area contributed by atoms with Crippen molar-refractivity contribution in [1.29, 1.82) is 0 Å². The Hall–Kier alpha value is -1.07.